The van der Waals surface area contributed by atoms with Crippen LogP contribution in [0.1, 0.15) is 39.5 Å². The molecule has 0 spiro atoms. The minimum Gasteiger partial charge on any atom is -0.377 e. The van der Waals surface area contributed by atoms with Crippen LogP contribution in [0.4, 0.5) is 0 Å². The smallest absolute Gasteiger partial charge is 0.0691 e. The molecular weight excluding hydrogens is 262 g/mol. The second kappa shape index (κ2) is 4.92. The summed E-state index contributed by atoms with van der Waals surface area (Å²) in [6.45, 7) is 11.6. The second-order valence-corrected chi connectivity index (χ2v) is 8.37. The van der Waals surface area contributed by atoms with Gasteiger partial charge in [0.25, 0.3) is 0 Å². The standard InChI is InChI=1S/C17H31N3O/c1-16(2)15-14(6-10-21-15)17(16,18)12-19-8-9-20-7-4-3-5-13(20)11-19/h13-15H,3-12,18H2,1-2H3. The molecule has 0 aromatic carbocycles. The monoisotopic (exact) mass is 293 g/mol. The fraction of sp³-hybridized carbons (Fsp3) is 1.00. The van der Waals surface area contributed by atoms with Gasteiger partial charge in [-0.1, -0.05) is 20.3 Å². The molecule has 1 saturated carbocycles. The van der Waals surface area contributed by atoms with Crippen molar-refractivity contribution in [3.63, 3.8) is 0 Å². The Morgan fingerprint density at radius 2 is 2.00 bits per heavy atom. The third-order valence-electron chi connectivity index (χ3n) is 7.07. The van der Waals surface area contributed by atoms with E-state index < -0.39 is 0 Å². The van der Waals surface area contributed by atoms with E-state index in [1.807, 2.05) is 0 Å². The number of piperidine rings is 1. The van der Waals surface area contributed by atoms with E-state index in [2.05, 4.69) is 23.6 Å². The van der Waals surface area contributed by atoms with Crippen molar-refractivity contribution in [1.82, 2.24) is 9.80 Å². The number of piperazine rings is 1. The lowest BCUT2D eigenvalue weighted by atomic mass is 9.48. The van der Waals surface area contributed by atoms with Gasteiger partial charge in [0, 0.05) is 55.7 Å². The Hall–Kier alpha value is -0.160. The average Bonchev–Trinajstić information content (AvgIpc) is 2.96. The Kier molecular flexibility index (Phi) is 3.38. The van der Waals surface area contributed by atoms with Crippen molar-refractivity contribution >= 4 is 0 Å². The van der Waals surface area contributed by atoms with Crippen LogP contribution in [0.15, 0.2) is 0 Å². The number of nitrogens with two attached hydrogens (primary N) is 1. The summed E-state index contributed by atoms with van der Waals surface area (Å²) >= 11 is 0. The van der Waals surface area contributed by atoms with Crippen molar-refractivity contribution in [2.45, 2.75) is 57.2 Å². The number of ether oxygens (including phenoxy) is 1. The fourth-order valence-electron chi connectivity index (χ4n) is 5.53. The predicted octanol–water partition coefficient (Wildman–Crippen LogP) is 1.30. The summed E-state index contributed by atoms with van der Waals surface area (Å²) < 4.78 is 5.93. The van der Waals surface area contributed by atoms with Crippen molar-refractivity contribution < 1.29 is 4.74 Å². The van der Waals surface area contributed by atoms with Crippen LogP contribution in [-0.2, 0) is 4.74 Å². The van der Waals surface area contributed by atoms with E-state index in [4.69, 9.17) is 10.5 Å². The van der Waals surface area contributed by atoms with E-state index in [0.717, 1.165) is 25.6 Å². The maximum atomic E-state index is 6.93. The van der Waals surface area contributed by atoms with Gasteiger partial charge < -0.3 is 10.5 Å². The van der Waals surface area contributed by atoms with E-state index in [9.17, 15) is 0 Å². The van der Waals surface area contributed by atoms with Crippen molar-refractivity contribution in [2.75, 3.05) is 39.3 Å². The van der Waals surface area contributed by atoms with Gasteiger partial charge in [-0.3, -0.25) is 9.80 Å². The Morgan fingerprint density at radius 1 is 1.14 bits per heavy atom. The molecule has 4 heteroatoms. The maximum Gasteiger partial charge on any atom is 0.0691 e. The first-order valence-electron chi connectivity index (χ1n) is 8.89. The lowest BCUT2D eigenvalue weighted by molar-refractivity contribution is -0.166. The number of hydrogen-bond donors (Lipinski definition) is 1. The zero-order chi connectivity index (χ0) is 14.7. The first-order chi connectivity index (χ1) is 10.0. The van der Waals surface area contributed by atoms with Crippen molar-refractivity contribution in [1.29, 1.82) is 0 Å². The van der Waals surface area contributed by atoms with Gasteiger partial charge in [-0.05, 0) is 25.8 Å². The van der Waals surface area contributed by atoms with Crippen LogP contribution in [0.3, 0.4) is 0 Å². The Bertz CT molecular complexity index is 413. The van der Waals surface area contributed by atoms with Gasteiger partial charge in [0.05, 0.1) is 6.10 Å². The Balaban J connectivity index is 1.44. The van der Waals surface area contributed by atoms with E-state index in [-0.39, 0.29) is 11.0 Å². The normalized spacial score (nSPS) is 46.7. The molecule has 0 aromatic heterocycles. The summed E-state index contributed by atoms with van der Waals surface area (Å²) in [5.74, 6) is 0.580. The van der Waals surface area contributed by atoms with Crippen LogP contribution in [0.5, 0.6) is 0 Å². The number of rotatable bonds is 2. The Labute approximate surface area is 129 Å². The first kappa shape index (κ1) is 14.4. The molecule has 21 heavy (non-hydrogen) atoms. The Morgan fingerprint density at radius 3 is 2.86 bits per heavy atom. The van der Waals surface area contributed by atoms with Crippen LogP contribution < -0.4 is 5.73 Å². The summed E-state index contributed by atoms with van der Waals surface area (Å²) in [6, 6.07) is 0.787. The zero-order valence-corrected chi connectivity index (χ0v) is 13.7. The lowest BCUT2D eigenvalue weighted by Gasteiger charge is -2.64. The van der Waals surface area contributed by atoms with E-state index in [1.54, 1.807) is 0 Å². The van der Waals surface area contributed by atoms with Crippen molar-refractivity contribution in [2.24, 2.45) is 17.1 Å². The summed E-state index contributed by atoms with van der Waals surface area (Å²) in [7, 11) is 0. The van der Waals surface area contributed by atoms with Crippen LogP contribution in [0.2, 0.25) is 0 Å². The molecule has 4 nitrogen and oxygen atoms in total. The molecule has 0 bridgehead atoms. The van der Waals surface area contributed by atoms with Gasteiger partial charge in [-0.2, -0.15) is 0 Å². The molecule has 4 rings (SSSR count). The van der Waals surface area contributed by atoms with Crippen LogP contribution >= 0.6 is 0 Å². The van der Waals surface area contributed by atoms with Crippen LogP contribution in [0, 0.1) is 11.3 Å². The molecular formula is C17H31N3O. The minimum atomic E-state index is -0.0506. The van der Waals surface area contributed by atoms with Gasteiger partial charge in [0.15, 0.2) is 0 Å². The number of fused-ring (bicyclic) bond motifs is 2. The van der Waals surface area contributed by atoms with Gasteiger partial charge in [0.2, 0.25) is 0 Å². The molecule has 4 unspecified atom stereocenters. The number of hydrogen-bond acceptors (Lipinski definition) is 4. The van der Waals surface area contributed by atoms with Crippen LogP contribution in [-0.4, -0.2) is 66.8 Å². The molecule has 3 aliphatic heterocycles. The first-order valence-corrected chi connectivity index (χ1v) is 8.89. The summed E-state index contributed by atoms with van der Waals surface area (Å²) in [5.41, 5.74) is 7.00. The van der Waals surface area contributed by atoms with Crippen molar-refractivity contribution in [3.8, 4) is 0 Å². The summed E-state index contributed by atoms with van der Waals surface area (Å²) in [5, 5.41) is 0. The third kappa shape index (κ3) is 2.03. The number of nitrogens with zero attached hydrogens (tertiary/aromatic N) is 2. The van der Waals surface area contributed by atoms with E-state index in [1.165, 1.54) is 45.4 Å². The molecule has 4 aliphatic rings. The van der Waals surface area contributed by atoms with E-state index >= 15 is 0 Å². The van der Waals surface area contributed by atoms with Gasteiger partial charge >= 0.3 is 0 Å². The second-order valence-electron chi connectivity index (χ2n) is 8.37. The average molecular weight is 293 g/mol. The summed E-state index contributed by atoms with van der Waals surface area (Å²) in [6.07, 6.45) is 5.75. The molecule has 120 valence electrons. The molecule has 2 N–H and O–H groups in total. The minimum absolute atomic E-state index is 0.0506. The SMILES string of the molecule is CC1(C)C2OCCC2C1(N)CN1CCN2CCCCC2C1. The molecule has 1 aliphatic carbocycles. The molecule has 0 radical (unpaired) electrons. The largest absolute Gasteiger partial charge is 0.377 e. The zero-order valence-electron chi connectivity index (χ0n) is 13.7. The van der Waals surface area contributed by atoms with Gasteiger partial charge in [-0.15, -0.1) is 0 Å². The topological polar surface area (TPSA) is 41.7 Å². The molecule has 0 amide bonds. The quantitative estimate of drug-likeness (QED) is 0.833. The molecule has 3 heterocycles. The van der Waals surface area contributed by atoms with Crippen LogP contribution in [0.25, 0.3) is 0 Å². The lowest BCUT2D eigenvalue weighted by Crippen LogP contribution is -2.78. The van der Waals surface area contributed by atoms with Gasteiger partial charge in [0.1, 0.15) is 0 Å². The highest BCUT2D eigenvalue weighted by atomic mass is 16.5. The highest BCUT2D eigenvalue weighted by Crippen LogP contribution is 2.58. The maximum absolute atomic E-state index is 6.93. The van der Waals surface area contributed by atoms with Gasteiger partial charge in [-0.25, -0.2) is 0 Å². The fourth-order valence-corrected chi connectivity index (χ4v) is 5.53. The molecule has 4 atom stereocenters. The molecule has 4 fully saturated rings. The predicted molar refractivity (Wildman–Crippen MR) is 84.2 cm³/mol. The third-order valence-corrected chi connectivity index (χ3v) is 7.07. The van der Waals surface area contributed by atoms with E-state index in [0.29, 0.717) is 12.0 Å². The molecule has 0 aromatic rings. The highest BCUT2D eigenvalue weighted by molar-refractivity contribution is 5.21. The van der Waals surface area contributed by atoms with Crippen molar-refractivity contribution in [3.05, 3.63) is 0 Å². The molecule has 3 saturated heterocycles. The highest BCUT2D eigenvalue weighted by Gasteiger charge is 2.67. The summed E-state index contributed by atoms with van der Waals surface area (Å²) in [4.78, 5) is 5.36.